The number of nitrogens with one attached hydrogen (secondary N) is 1. The fraction of sp³-hybridized carbons (Fsp3) is 0.571. The molecule has 1 aromatic carbocycles. The molecule has 1 saturated carbocycles. The van der Waals surface area contributed by atoms with Crippen LogP contribution in [-0.2, 0) is 22.6 Å². The number of aryl methyl sites for hydroxylation is 1. The van der Waals surface area contributed by atoms with Gasteiger partial charge in [0.2, 0.25) is 11.8 Å². The summed E-state index contributed by atoms with van der Waals surface area (Å²) in [5.41, 5.74) is 1.91. The zero-order valence-corrected chi connectivity index (χ0v) is 16.4. The van der Waals surface area contributed by atoms with Crippen LogP contribution in [0.3, 0.4) is 0 Å². The largest absolute Gasteiger partial charge is 0.356 e. The summed E-state index contributed by atoms with van der Waals surface area (Å²) in [6, 6.07) is 8.32. The average Bonchev–Trinajstić information content (AvgIpc) is 3.02. The van der Waals surface area contributed by atoms with Crippen molar-refractivity contribution >= 4 is 22.8 Å². The molecule has 1 N–H and O–H groups in total. The molecule has 0 radical (unpaired) electrons. The molecule has 1 fully saturated rings. The number of carbonyl (C=O) groups excluding carboxylic acids is 2. The van der Waals surface area contributed by atoms with E-state index in [1.54, 1.807) is 0 Å². The second kappa shape index (κ2) is 9.02. The van der Waals surface area contributed by atoms with Crippen molar-refractivity contribution in [2.24, 2.45) is 0 Å². The van der Waals surface area contributed by atoms with Gasteiger partial charge >= 0.3 is 0 Å². The van der Waals surface area contributed by atoms with Crippen LogP contribution in [0.5, 0.6) is 0 Å². The molecule has 0 aliphatic heterocycles. The highest BCUT2D eigenvalue weighted by atomic mass is 16.2. The minimum Gasteiger partial charge on any atom is -0.356 e. The number of fused-ring (bicyclic) bond motifs is 1. The van der Waals surface area contributed by atoms with Crippen LogP contribution in [0.25, 0.3) is 11.0 Å². The summed E-state index contributed by atoms with van der Waals surface area (Å²) in [6.07, 6.45) is 7.45. The molecule has 2 aromatic rings. The molecule has 0 saturated heterocycles. The molecule has 0 atom stereocenters. The summed E-state index contributed by atoms with van der Waals surface area (Å²) in [5.74, 6) is 1.04. The number of nitrogens with zero attached hydrogens (tertiary/aromatic N) is 3. The molecule has 2 amide bonds. The van der Waals surface area contributed by atoms with Gasteiger partial charge in [0.05, 0.1) is 11.0 Å². The van der Waals surface area contributed by atoms with Gasteiger partial charge in [-0.2, -0.15) is 0 Å². The van der Waals surface area contributed by atoms with Gasteiger partial charge in [0, 0.05) is 33.0 Å². The maximum atomic E-state index is 12.9. The normalized spacial score (nSPS) is 15.0. The van der Waals surface area contributed by atoms with E-state index in [-0.39, 0.29) is 11.8 Å². The van der Waals surface area contributed by atoms with Crippen LogP contribution in [0, 0.1) is 0 Å². The molecule has 1 aromatic heterocycles. The maximum Gasteiger partial charge on any atom is 0.242 e. The molecule has 27 heavy (non-hydrogen) atoms. The summed E-state index contributed by atoms with van der Waals surface area (Å²) in [6.45, 7) is 2.46. The number of hydrogen-bond donors (Lipinski definition) is 1. The Morgan fingerprint density at radius 2 is 1.96 bits per heavy atom. The number of imidazole rings is 1. The molecule has 6 nitrogen and oxygen atoms in total. The van der Waals surface area contributed by atoms with E-state index in [2.05, 4.69) is 5.32 Å². The standard InChI is InChI=1S/C21H30N4O2/c1-16(26)22-14-8-13-20-23-18-11-6-7-12-19(18)25(20)15-21(27)24(2)17-9-4-3-5-10-17/h6-7,11-12,17H,3-5,8-10,13-15H2,1-2H3,(H,22,26). The van der Waals surface area contributed by atoms with Crippen molar-refractivity contribution in [3.05, 3.63) is 30.1 Å². The van der Waals surface area contributed by atoms with E-state index in [4.69, 9.17) is 4.98 Å². The highest BCUT2D eigenvalue weighted by molar-refractivity contribution is 5.81. The van der Waals surface area contributed by atoms with Crippen LogP contribution in [0.15, 0.2) is 24.3 Å². The Kier molecular flexibility index (Phi) is 6.48. The van der Waals surface area contributed by atoms with E-state index in [0.29, 0.717) is 19.1 Å². The predicted octanol–water partition coefficient (Wildman–Crippen LogP) is 2.90. The number of likely N-dealkylation sites (N-methyl/N-ethyl adjacent to an activating group) is 1. The zero-order valence-electron chi connectivity index (χ0n) is 16.4. The van der Waals surface area contributed by atoms with E-state index in [1.165, 1.54) is 26.2 Å². The third kappa shape index (κ3) is 4.87. The highest BCUT2D eigenvalue weighted by Crippen LogP contribution is 2.23. The molecule has 146 valence electrons. The minimum absolute atomic E-state index is 0.0206. The molecule has 3 rings (SSSR count). The monoisotopic (exact) mass is 370 g/mol. The number of para-hydroxylation sites is 2. The van der Waals surface area contributed by atoms with Crippen LogP contribution in [0.2, 0.25) is 0 Å². The van der Waals surface area contributed by atoms with Gasteiger partial charge in [0.1, 0.15) is 12.4 Å². The first-order valence-corrected chi connectivity index (χ1v) is 10.0. The van der Waals surface area contributed by atoms with Gasteiger partial charge in [-0.15, -0.1) is 0 Å². The third-order valence-electron chi connectivity index (χ3n) is 5.49. The van der Waals surface area contributed by atoms with Crippen molar-refractivity contribution in [3.8, 4) is 0 Å². The topological polar surface area (TPSA) is 67.2 Å². The molecule has 1 aliphatic carbocycles. The molecular formula is C21H30N4O2. The molecule has 0 unspecified atom stereocenters. The number of hydrogen-bond acceptors (Lipinski definition) is 3. The van der Waals surface area contributed by atoms with Gasteiger partial charge in [-0.3, -0.25) is 9.59 Å². The number of carbonyl (C=O) groups is 2. The first-order chi connectivity index (χ1) is 13.1. The lowest BCUT2D eigenvalue weighted by molar-refractivity contribution is -0.133. The molecule has 6 heteroatoms. The second-order valence-electron chi connectivity index (χ2n) is 7.49. The molecule has 0 bridgehead atoms. The second-order valence-corrected chi connectivity index (χ2v) is 7.49. The van der Waals surface area contributed by atoms with Gasteiger partial charge in [0.25, 0.3) is 0 Å². The number of benzene rings is 1. The van der Waals surface area contributed by atoms with Crippen molar-refractivity contribution in [2.75, 3.05) is 13.6 Å². The van der Waals surface area contributed by atoms with Crippen molar-refractivity contribution in [1.29, 1.82) is 0 Å². The summed E-state index contributed by atoms with van der Waals surface area (Å²) in [7, 11) is 1.94. The Labute approximate surface area is 160 Å². The fourth-order valence-electron chi connectivity index (χ4n) is 3.92. The van der Waals surface area contributed by atoms with Crippen LogP contribution in [-0.4, -0.2) is 45.9 Å². The first-order valence-electron chi connectivity index (χ1n) is 10.0. The van der Waals surface area contributed by atoms with Crippen LogP contribution < -0.4 is 5.32 Å². The van der Waals surface area contributed by atoms with Crippen molar-refractivity contribution in [1.82, 2.24) is 19.8 Å². The summed E-state index contributed by atoms with van der Waals surface area (Å²) < 4.78 is 2.05. The summed E-state index contributed by atoms with van der Waals surface area (Å²) >= 11 is 0. The lowest BCUT2D eigenvalue weighted by atomic mass is 9.94. The van der Waals surface area contributed by atoms with Crippen LogP contribution >= 0.6 is 0 Å². The Balaban J connectivity index is 1.73. The van der Waals surface area contributed by atoms with E-state index in [0.717, 1.165) is 42.5 Å². The third-order valence-corrected chi connectivity index (χ3v) is 5.49. The lowest BCUT2D eigenvalue weighted by Gasteiger charge is -2.31. The Hall–Kier alpha value is -2.37. The maximum absolute atomic E-state index is 12.9. The number of rotatable bonds is 7. The molecule has 1 aliphatic rings. The Morgan fingerprint density at radius 1 is 1.22 bits per heavy atom. The number of amides is 2. The fourth-order valence-corrected chi connectivity index (χ4v) is 3.92. The lowest BCUT2D eigenvalue weighted by Crippen LogP contribution is -2.40. The molecule has 1 heterocycles. The Morgan fingerprint density at radius 3 is 2.70 bits per heavy atom. The van der Waals surface area contributed by atoms with Gasteiger partial charge < -0.3 is 14.8 Å². The van der Waals surface area contributed by atoms with Crippen molar-refractivity contribution in [2.45, 2.75) is 64.5 Å². The van der Waals surface area contributed by atoms with E-state index < -0.39 is 0 Å². The van der Waals surface area contributed by atoms with Gasteiger partial charge in [-0.05, 0) is 31.4 Å². The van der Waals surface area contributed by atoms with Gasteiger partial charge in [-0.1, -0.05) is 31.4 Å². The van der Waals surface area contributed by atoms with E-state index >= 15 is 0 Å². The smallest absolute Gasteiger partial charge is 0.242 e. The van der Waals surface area contributed by atoms with Crippen LogP contribution in [0.1, 0.15) is 51.3 Å². The quantitative estimate of drug-likeness (QED) is 0.762. The van der Waals surface area contributed by atoms with Crippen molar-refractivity contribution < 1.29 is 9.59 Å². The SMILES string of the molecule is CC(=O)NCCCc1nc2ccccc2n1CC(=O)N(C)C1CCCCC1. The van der Waals surface area contributed by atoms with Crippen molar-refractivity contribution in [3.63, 3.8) is 0 Å². The summed E-state index contributed by atoms with van der Waals surface area (Å²) in [4.78, 5) is 30.7. The Bertz CT molecular complexity index is 793. The molecule has 0 spiro atoms. The van der Waals surface area contributed by atoms with Gasteiger partial charge in [-0.25, -0.2) is 4.98 Å². The van der Waals surface area contributed by atoms with E-state index in [1.807, 2.05) is 40.8 Å². The molecular weight excluding hydrogens is 340 g/mol. The number of aromatic nitrogens is 2. The predicted molar refractivity (Wildman–Crippen MR) is 106 cm³/mol. The summed E-state index contributed by atoms with van der Waals surface area (Å²) in [5, 5.41) is 2.82. The van der Waals surface area contributed by atoms with Crippen LogP contribution in [0.4, 0.5) is 0 Å². The highest BCUT2D eigenvalue weighted by Gasteiger charge is 2.23. The average molecular weight is 370 g/mol. The van der Waals surface area contributed by atoms with Gasteiger partial charge in [0.15, 0.2) is 0 Å². The van der Waals surface area contributed by atoms with E-state index in [9.17, 15) is 9.59 Å². The first kappa shape index (κ1) is 19.4. The zero-order chi connectivity index (χ0) is 19.2. The minimum atomic E-state index is -0.0206.